The summed E-state index contributed by atoms with van der Waals surface area (Å²) in [4.78, 5) is 23.2. The minimum atomic E-state index is -0.835. The summed E-state index contributed by atoms with van der Waals surface area (Å²) >= 11 is 0. The third-order valence-electron chi connectivity index (χ3n) is 3.72. The number of hydrogen-bond acceptors (Lipinski definition) is 3. The van der Waals surface area contributed by atoms with Crippen LogP contribution in [0.4, 0.5) is 5.69 Å². The summed E-state index contributed by atoms with van der Waals surface area (Å²) in [5, 5.41) is 16.0. The Morgan fingerprint density at radius 1 is 1.30 bits per heavy atom. The van der Waals surface area contributed by atoms with E-state index >= 15 is 0 Å². The molecule has 1 aromatic heterocycles. The molecule has 1 heterocycles. The lowest BCUT2D eigenvalue weighted by atomic mass is 10.1. The van der Waals surface area contributed by atoms with Crippen molar-refractivity contribution >= 4 is 17.6 Å². The van der Waals surface area contributed by atoms with E-state index < -0.39 is 5.97 Å². The monoisotopic (exact) mass is 315 g/mol. The summed E-state index contributed by atoms with van der Waals surface area (Å²) in [6, 6.07) is 7.25. The first-order valence-electron chi connectivity index (χ1n) is 7.58. The van der Waals surface area contributed by atoms with Gasteiger partial charge in [-0.3, -0.25) is 14.3 Å². The Morgan fingerprint density at radius 3 is 2.65 bits per heavy atom. The van der Waals surface area contributed by atoms with Gasteiger partial charge in [0, 0.05) is 24.3 Å². The van der Waals surface area contributed by atoms with E-state index in [1.807, 2.05) is 32.9 Å². The number of anilines is 1. The van der Waals surface area contributed by atoms with Crippen molar-refractivity contribution in [2.24, 2.45) is 0 Å². The number of aliphatic carboxylic acids is 1. The van der Waals surface area contributed by atoms with Gasteiger partial charge in [0.2, 0.25) is 0 Å². The lowest BCUT2D eigenvalue weighted by molar-refractivity contribution is -0.136. The average molecular weight is 315 g/mol. The first-order chi connectivity index (χ1) is 10.9. The van der Waals surface area contributed by atoms with Crippen LogP contribution in [-0.4, -0.2) is 26.8 Å². The summed E-state index contributed by atoms with van der Waals surface area (Å²) in [5.41, 5.74) is 3.65. The number of rotatable bonds is 6. The molecule has 23 heavy (non-hydrogen) atoms. The predicted octanol–water partition coefficient (Wildman–Crippen LogP) is 2.79. The molecule has 6 nitrogen and oxygen atoms in total. The van der Waals surface area contributed by atoms with Crippen LogP contribution in [0.3, 0.4) is 0 Å². The molecule has 2 N–H and O–H groups in total. The topological polar surface area (TPSA) is 84.2 Å². The second kappa shape index (κ2) is 7.09. The standard InChI is InChI=1S/C17H21N3O3/c1-4-20-12(3)16(11(2)19-20)17(23)18-14-7-5-6-13(10-14)8-9-15(21)22/h5-7,10H,4,8-9H2,1-3H3,(H,18,23)(H,21,22). The molecule has 0 bridgehead atoms. The van der Waals surface area contributed by atoms with Crippen LogP contribution in [0.25, 0.3) is 0 Å². The number of nitrogens with zero attached hydrogens (tertiary/aromatic N) is 2. The number of carbonyl (C=O) groups excluding carboxylic acids is 1. The normalized spacial score (nSPS) is 10.6. The zero-order valence-electron chi connectivity index (χ0n) is 13.6. The highest BCUT2D eigenvalue weighted by Crippen LogP contribution is 2.17. The van der Waals surface area contributed by atoms with E-state index in [0.29, 0.717) is 29.9 Å². The Hall–Kier alpha value is -2.63. The molecule has 2 rings (SSSR count). The molecular weight excluding hydrogens is 294 g/mol. The number of benzene rings is 1. The number of carboxylic acid groups (broad SMARTS) is 1. The van der Waals surface area contributed by atoms with Crippen molar-refractivity contribution < 1.29 is 14.7 Å². The summed E-state index contributed by atoms with van der Waals surface area (Å²) in [5.74, 6) is -1.03. The van der Waals surface area contributed by atoms with Crippen molar-refractivity contribution in [1.82, 2.24) is 9.78 Å². The zero-order chi connectivity index (χ0) is 17.0. The maximum Gasteiger partial charge on any atom is 0.303 e. The van der Waals surface area contributed by atoms with E-state index in [9.17, 15) is 9.59 Å². The molecular formula is C17H21N3O3. The first kappa shape index (κ1) is 16.7. The van der Waals surface area contributed by atoms with Crippen LogP contribution >= 0.6 is 0 Å². The summed E-state index contributed by atoms with van der Waals surface area (Å²) < 4.78 is 1.80. The number of nitrogens with one attached hydrogen (secondary N) is 1. The SMILES string of the molecule is CCn1nc(C)c(C(=O)Nc2cccc(CCC(=O)O)c2)c1C. The minimum Gasteiger partial charge on any atom is -0.481 e. The number of hydrogen-bond donors (Lipinski definition) is 2. The number of amides is 1. The summed E-state index contributed by atoms with van der Waals surface area (Å²) in [6.45, 7) is 6.39. The fourth-order valence-electron chi connectivity index (χ4n) is 2.58. The molecule has 0 aliphatic heterocycles. The van der Waals surface area contributed by atoms with Crippen LogP contribution in [0.2, 0.25) is 0 Å². The van der Waals surface area contributed by atoms with Crippen molar-refractivity contribution in [2.75, 3.05) is 5.32 Å². The Morgan fingerprint density at radius 2 is 2.04 bits per heavy atom. The highest BCUT2D eigenvalue weighted by Gasteiger charge is 2.18. The van der Waals surface area contributed by atoms with Gasteiger partial charge in [-0.1, -0.05) is 12.1 Å². The van der Waals surface area contributed by atoms with Crippen molar-refractivity contribution in [3.8, 4) is 0 Å². The van der Waals surface area contributed by atoms with E-state index in [4.69, 9.17) is 5.11 Å². The van der Waals surface area contributed by atoms with Crippen molar-refractivity contribution in [2.45, 2.75) is 40.2 Å². The number of aromatic nitrogens is 2. The van der Waals surface area contributed by atoms with E-state index in [2.05, 4.69) is 10.4 Å². The van der Waals surface area contributed by atoms with Crippen LogP contribution in [0.15, 0.2) is 24.3 Å². The second-order valence-electron chi connectivity index (χ2n) is 5.41. The van der Waals surface area contributed by atoms with E-state index in [1.54, 1.807) is 16.8 Å². The lowest BCUT2D eigenvalue weighted by Crippen LogP contribution is -2.14. The van der Waals surface area contributed by atoms with Gasteiger partial charge in [-0.05, 0) is 44.9 Å². The van der Waals surface area contributed by atoms with Crippen molar-refractivity contribution in [3.05, 3.63) is 46.8 Å². The zero-order valence-corrected chi connectivity index (χ0v) is 13.6. The molecule has 2 aromatic rings. The van der Waals surface area contributed by atoms with Gasteiger partial charge >= 0.3 is 5.97 Å². The summed E-state index contributed by atoms with van der Waals surface area (Å²) in [6.07, 6.45) is 0.504. The maximum absolute atomic E-state index is 12.5. The highest BCUT2D eigenvalue weighted by molar-refractivity contribution is 6.05. The Labute approximate surface area is 135 Å². The van der Waals surface area contributed by atoms with Crippen molar-refractivity contribution in [1.29, 1.82) is 0 Å². The van der Waals surface area contributed by atoms with Crippen LogP contribution < -0.4 is 5.32 Å². The van der Waals surface area contributed by atoms with Gasteiger partial charge in [0.05, 0.1) is 11.3 Å². The average Bonchev–Trinajstić information content (AvgIpc) is 2.79. The molecule has 0 atom stereocenters. The largest absolute Gasteiger partial charge is 0.481 e. The van der Waals surface area contributed by atoms with Crippen LogP contribution in [-0.2, 0) is 17.8 Å². The molecule has 0 aliphatic rings. The highest BCUT2D eigenvalue weighted by atomic mass is 16.4. The fraction of sp³-hybridized carbons (Fsp3) is 0.353. The molecule has 122 valence electrons. The molecule has 6 heteroatoms. The van der Waals surface area contributed by atoms with Gasteiger partial charge in [-0.25, -0.2) is 0 Å². The molecule has 0 saturated carbocycles. The van der Waals surface area contributed by atoms with Gasteiger partial charge in [-0.2, -0.15) is 5.10 Å². The van der Waals surface area contributed by atoms with Crippen molar-refractivity contribution in [3.63, 3.8) is 0 Å². The lowest BCUT2D eigenvalue weighted by Gasteiger charge is -2.08. The van der Waals surface area contributed by atoms with Gasteiger partial charge < -0.3 is 10.4 Å². The second-order valence-corrected chi connectivity index (χ2v) is 5.41. The third kappa shape index (κ3) is 3.97. The fourth-order valence-corrected chi connectivity index (χ4v) is 2.58. The quantitative estimate of drug-likeness (QED) is 0.858. The minimum absolute atomic E-state index is 0.0683. The van der Waals surface area contributed by atoms with Gasteiger partial charge in [0.15, 0.2) is 0 Å². The van der Waals surface area contributed by atoms with Crippen LogP contribution in [0.5, 0.6) is 0 Å². The van der Waals surface area contributed by atoms with Gasteiger partial charge in [0.25, 0.3) is 5.91 Å². The van der Waals surface area contributed by atoms with E-state index in [0.717, 1.165) is 11.3 Å². The van der Waals surface area contributed by atoms with E-state index in [1.165, 1.54) is 0 Å². The van der Waals surface area contributed by atoms with Crippen LogP contribution in [0, 0.1) is 13.8 Å². The Balaban J connectivity index is 2.16. The number of aryl methyl sites for hydroxylation is 3. The van der Waals surface area contributed by atoms with E-state index in [-0.39, 0.29) is 12.3 Å². The number of carboxylic acids is 1. The van der Waals surface area contributed by atoms with Gasteiger partial charge in [-0.15, -0.1) is 0 Å². The molecule has 1 aromatic carbocycles. The molecule has 1 amide bonds. The smallest absolute Gasteiger partial charge is 0.303 e. The molecule has 0 unspecified atom stereocenters. The first-order valence-corrected chi connectivity index (χ1v) is 7.58. The maximum atomic E-state index is 12.5. The molecule has 0 fully saturated rings. The Bertz CT molecular complexity index is 735. The molecule has 0 spiro atoms. The van der Waals surface area contributed by atoms with Crippen LogP contribution in [0.1, 0.15) is 40.7 Å². The third-order valence-corrected chi connectivity index (χ3v) is 3.72. The Kier molecular flexibility index (Phi) is 5.16. The molecule has 0 radical (unpaired) electrons. The van der Waals surface area contributed by atoms with Gasteiger partial charge in [0.1, 0.15) is 0 Å². The summed E-state index contributed by atoms with van der Waals surface area (Å²) in [7, 11) is 0. The molecule has 0 aliphatic carbocycles. The predicted molar refractivity (Wildman–Crippen MR) is 87.7 cm³/mol. The number of carbonyl (C=O) groups is 2. The molecule has 0 saturated heterocycles.